The quantitative estimate of drug-likeness (QED) is 0.854. The van der Waals surface area contributed by atoms with Crippen molar-refractivity contribution in [3.8, 4) is 0 Å². The van der Waals surface area contributed by atoms with Crippen LogP contribution in [-0.4, -0.2) is 36.5 Å². The molecule has 6 heteroatoms. The number of carbonyl (C=O) groups excluding carboxylic acids is 1. The van der Waals surface area contributed by atoms with Gasteiger partial charge in [0.15, 0.2) is 0 Å². The number of halogens is 3. The van der Waals surface area contributed by atoms with Crippen LogP contribution in [0, 0.1) is 5.82 Å². The van der Waals surface area contributed by atoms with Crippen molar-refractivity contribution in [3.63, 3.8) is 0 Å². The van der Waals surface area contributed by atoms with E-state index in [-0.39, 0.29) is 29.9 Å². The predicted octanol–water partition coefficient (Wildman–Crippen LogP) is 2.44. The lowest BCUT2D eigenvalue weighted by Crippen LogP contribution is -2.52. The summed E-state index contributed by atoms with van der Waals surface area (Å²) < 4.78 is 14.3. The molecule has 3 nitrogen and oxygen atoms in total. The van der Waals surface area contributed by atoms with Crippen molar-refractivity contribution in [2.75, 3.05) is 19.6 Å². The Morgan fingerprint density at radius 3 is 2.94 bits per heavy atom. The van der Waals surface area contributed by atoms with Gasteiger partial charge in [0, 0.05) is 30.1 Å². The number of rotatable bonds is 1. The van der Waals surface area contributed by atoms with Crippen molar-refractivity contribution in [3.05, 3.63) is 34.1 Å². The first-order valence-electron chi connectivity index (χ1n) is 5.56. The van der Waals surface area contributed by atoms with Crippen LogP contribution in [-0.2, 0) is 0 Å². The van der Waals surface area contributed by atoms with Gasteiger partial charge in [-0.1, -0.05) is 15.9 Å². The standard InChI is InChI=1S/C12H14BrFN2O.ClH/c1-8-7-15-4-5-16(8)12(17)10-6-9(13)2-3-11(10)14;/h2-3,6,8,15H,4-5,7H2,1H3;1H. The van der Waals surface area contributed by atoms with Crippen molar-refractivity contribution < 1.29 is 9.18 Å². The highest BCUT2D eigenvalue weighted by atomic mass is 79.9. The monoisotopic (exact) mass is 336 g/mol. The summed E-state index contributed by atoms with van der Waals surface area (Å²) in [5, 5.41) is 3.20. The molecule has 1 aliphatic heterocycles. The maximum absolute atomic E-state index is 13.6. The lowest BCUT2D eigenvalue weighted by atomic mass is 10.1. The van der Waals surface area contributed by atoms with Gasteiger partial charge < -0.3 is 10.2 Å². The number of nitrogens with one attached hydrogen (secondary N) is 1. The van der Waals surface area contributed by atoms with Gasteiger partial charge in [-0.25, -0.2) is 4.39 Å². The number of nitrogens with zero attached hydrogens (tertiary/aromatic N) is 1. The number of benzene rings is 1. The minimum Gasteiger partial charge on any atom is -0.333 e. The summed E-state index contributed by atoms with van der Waals surface area (Å²) in [5.41, 5.74) is 0.133. The maximum atomic E-state index is 13.6. The summed E-state index contributed by atoms with van der Waals surface area (Å²) in [6.07, 6.45) is 0. The molecule has 0 aromatic heterocycles. The van der Waals surface area contributed by atoms with Crippen LogP contribution >= 0.6 is 28.3 Å². The topological polar surface area (TPSA) is 32.3 Å². The second-order valence-electron chi connectivity index (χ2n) is 4.18. The fourth-order valence-electron chi connectivity index (χ4n) is 1.96. The molecule has 1 saturated heterocycles. The van der Waals surface area contributed by atoms with Crippen LogP contribution in [0.3, 0.4) is 0 Å². The van der Waals surface area contributed by atoms with E-state index in [1.165, 1.54) is 12.1 Å². The third-order valence-electron chi connectivity index (χ3n) is 2.92. The number of piperazine rings is 1. The molecule has 1 N–H and O–H groups in total. The van der Waals surface area contributed by atoms with Crippen molar-refractivity contribution in [1.29, 1.82) is 0 Å². The Morgan fingerprint density at radius 1 is 1.56 bits per heavy atom. The number of hydrogen-bond donors (Lipinski definition) is 1. The predicted molar refractivity (Wildman–Crippen MR) is 74.7 cm³/mol. The molecule has 2 rings (SSSR count). The van der Waals surface area contributed by atoms with Gasteiger partial charge in [0.1, 0.15) is 5.82 Å². The van der Waals surface area contributed by atoms with E-state index in [2.05, 4.69) is 21.2 Å². The van der Waals surface area contributed by atoms with Gasteiger partial charge in [-0.3, -0.25) is 4.79 Å². The average Bonchev–Trinajstić information content (AvgIpc) is 2.32. The largest absolute Gasteiger partial charge is 0.333 e. The van der Waals surface area contributed by atoms with E-state index < -0.39 is 5.82 Å². The zero-order valence-electron chi connectivity index (χ0n) is 9.95. The van der Waals surface area contributed by atoms with Gasteiger partial charge in [-0.15, -0.1) is 12.4 Å². The Balaban J connectivity index is 0.00000162. The first-order chi connectivity index (χ1) is 8.09. The summed E-state index contributed by atoms with van der Waals surface area (Å²) in [6.45, 7) is 4.08. The molecule has 1 aromatic carbocycles. The van der Waals surface area contributed by atoms with E-state index in [1.54, 1.807) is 11.0 Å². The van der Waals surface area contributed by atoms with E-state index >= 15 is 0 Å². The van der Waals surface area contributed by atoms with Crippen molar-refractivity contribution in [2.24, 2.45) is 0 Å². The molecule has 1 unspecified atom stereocenters. The highest BCUT2D eigenvalue weighted by Crippen LogP contribution is 2.18. The number of hydrogen-bond acceptors (Lipinski definition) is 2. The van der Waals surface area contributed by atoms with Crippen molar-refractivity contribution >= 4 is 34.2 Å². The molecule has 1 aromatic rings. The molecule has 0 radical (unpaired) electrons. The van der Waals surface area contributed by atoms with E-state index in [0.29, 0.717) is 11.0 Å². The van der Waals surface area contributed by atoms with Crippen molar-refractivity contribution in [1.82, 2.24) is 10.2 Å². The summed E-state index contributed by atoms with van der Waals surface area (Å²) in [7, 11) is 0. The lowest BCUT2D eigenvalue weighted by molar-refractivity contribution is 0.0651. The lowest BCUT2D eigenvalue weighted by Gasteiger charge is -2.34. The molecule has 1 amide bonds. The van der Waals surface area contributed by atoms with E-state index in [4.69, 9.17) is 0 Å². The fourth-order valence-corrected chi connectivity index (χ4v) is 2.32. The highest BCUT2D eigenvalue weighted by Gasteiger charge is 2.25. The number of amides is 1. The van der Waals surface area contributed by atoms with Gasteiger partial charge in [0.05, 0.1) is 5.56 Å². The van der Waals surface area contributed by atoms with Gasteiger partial charge in [0.25, 0.3) is 5.91 Å². The van der Waals surface area contributed by atoms with E-state index in [1.807, 2.05) is 6.92 Å². The van der Waals surface area contributed by atoms with Gasteiger partial charge in [-0.2, -0.15) is 0 Å². The van der Waals surface area contributed by atoms with Crippen LogP contribution < -0.4 is 5.32 Å². The number of carbonyl (C=O) groups is 1. The second kappa shape index (κ2) is 6.50. The van der Waals surface area contributed by atoms with Crippen LogP contribution in [0.25, 0.3) is 0 Å². The van der Waals surface area contributed by atoms with E-state index in [0.717, 1.165) is 13.1 Å². The summed E-state index contributed by atoms with van der Waals surface area (Å²) in [6, 6.07) is 4.53. The molecule has 0 aliphatic carbocycles. The SMILES string of the molecule is CC1CNCCN1C(=O)c1cc(Br)ccc1F.Cl. The molecule has 0 spiro atoms. The first kappa shape index (κ1) is 15.4. The van der Waals surface area contributed by atoms with Crippen LogP contribution in [0.4, 0.5) is 4.39 Å². The van der Waals surface area contributed by atoms with Gasteiger partial charge in [0.2, 0.25) is 0 Å². The molecule has 1 atom stereocenters. The molecule has 0 bridgehead atoms. The summed E-state index contributed by atoms with van der Waals surface area (Å²) in [4.78, 5) is 13.9. The Morgan fingerprint density at radius 2 is 2.28 bits per heavy atom. The second-order valence-corrected chi connectivity index (χ2v) is 5.09. The Labute approximate surface area is 120 Å². The minimum absolute atomic E-state index is 0. The Kier molecular flexibility index (Phi) is 5.56. The summed E-state index contributed by atoms with van der Waals surface area (Å²) >= 11 is 3.25. The van der Waals surface area contributed by atoms with Gasteiger partial charge in [-0.05, 0) is 25.1 Å². The van der Waals surface area contributed by atoms with Crippen LogP contribution in [0.5, 0.6) is 0 Å². The zero-order valence-corrected chi connectivity index (χ0v) is 12.4. The minimum atomic E-state index is -0.469. The first-order valence-corrected chi connectivity index (χ1v) is 6.35. The van der Waals surface area contributed by atoms with Gasteiger partial charge >= 0.3 is 0 Å². The molecule has 1 fully saturated rings. The Hall–Kier alpha value is -0.650. The summed E-state index contributed by atoms with van der Waals surface area (Å²) in [5.74, 6) is -0.707. The molecule has 100 valence electrons. The van der Waals surface area contributed by atoms with E-state index in [9.17, 15) is 9.18 Å². The smallest absolute Gasteiger partial charge is 0.257 e. The molecular formula is C12H15BrClFN2O. The van der Waals surface area contributed by atoms with Crippen LogP contribution in [0.1, 0.15) is 17.3 Å². The van der Waals surface area contributed by atoms with Crippen LogP contribution in [0.15, 0.2) is 22.7 Å². The molecule has 0 saturated carbocycles. The highest BCUT2D eigenvalue weighted by molar-refractivity contribution is 9.10. The van der Waals surface area contributed by atoms with Crippen molar-refractivity contribution in [2.45, 2.75) is 13.0 Å². The normalized spacial score (nSPS) is 19.3. The average molecular weight is 338 g/mol. The zero-order chi connectivity index (χ0) is 12.4. The van der Waals surface area contributed by atoms with Crippen LogP contribution in [0.2, 0.25) is 0 Å². The third-order valence-corrected chi connectivity index (χ3v) is 3.41. The molecular weight excluding hydrogens is 322 g/mol. The molecule has 1 aliphatic rings. The maximum Gasteiger partial charge on any atom is 0.257 e. The third kappa shape index (κ3) is 3.22. The Bertz CT molecular complexity index is 444. The molecule has 18 heavy (non-hydrogen) atoms. The fraction of sp³-hybridized carbons (Fsp3) is 0.417. The molecule has 1 heterocycles.